The monoisotopic (exact) mass is 776 g/mol. The molecule has 0 aliphatic heterocycles. The number of rotatable bonds is 6. The predicted octanol–water partition coefficient (Wildman–Crippen LogP) is 13.6. The highest BCUT2D eigenvalue weighted by atomic mass is 19.4. The molecule has 10 heteroatoms. The van der Waals surface area contributed by atoms with Crippen molar-refractivity contribution in [3.05, 3.63) is 180 Å². The van der Waals surface area contributed by atoms with Crippen LogP contribution in [0.5, 0.6) is 0 Å². The summed E-state index contributed by atoms with van der Waals surface area (Å²) in [6.07, 6.45) is -10.1. The van der Waals surface area contributed by atoms with Gasteiger partial charge in [-0.05, 0) is 71.6 Å². The van der Waals surface area contributed by atoms with E-state index in [1.54, 1.807) is 12.1 Å². The molecule has 284 valence electrons. The van der Waals surface area contributed by atoms with Crippen LogP contribution >= 0.6 is 0 Å². The number of nitrogens with zero attached hydrogens (tertiary/aromatic N) is 4. The maximum absolute atomic E-state index is 14.6. The molecule has 0 spiro atoms. The van der Waals surface area contributed by atoms with Gasteiger partial charge in [-0.15, -0.1) is 0 Å². The molecule has 4 nitrogen and oxygen atoms in total. The molecule has 2 aromatic heterocycles. The first-order valence-corrected chi connectivity index (χ1v) is 18.3. The van der Waals surface area contributed by atoms with Crippen molar-refractivity contribution in [2.24, 2.45) is 0 Å². The minimum Gasteiger partial charge on any atom is -0.308 e. The van der Waals surface area contributed by atoms with Crippen molar-refractivity contribution >= 4 is 21.8 Å². The van der Waals surface area contributed by atoms with Crippen LogP contribution in [0.15, 0.2) is 164 Å². The standard InChI is InChI=1S/C48H30F6N4/c1-29-16-18-30(19-17-29)33-21-25-42-39(26-33)37-14-8-9-15-41(37)58(42)43-27-34(36-24-22-35(47(49,50)51)28-40(36)48(52,53)54)20-23-38(43)46-56-44(31-10-4-2-5-11-31)55-45(57-46)32-12-6-3-7-13-32/h2-28H,1H3. The van der Waals surface area contributed by atoms with E-state index in [2.05, 4.69) is 18.2 Å². The van der Waals surface area contributed by atoms with Crippen molar-refractivity contribution in [2.75, 3.05) is 0 Å². The number of aromatic nitrogens is 4. The van der Waals surface area contributed by atoms with E-state index >= 15 is 0 Å². The van der Waals surface area contributed by atoms with Gasteiger partial charge in [0.1, 0.15) is 0 Å². The fourth-order valence-corrected chi connectivity index (χ4v) is 7.37. The van der Waals surface area contributed by atoms with Gasteiger partial charge < -0.3 is 4.57 Å². The third-order valence-electron chi connectivity index (χ3n) is 10.2. The smallest absolute Gasteiger partial charge is 0.308 e. The van der Waals surface area contributed by atoms with Gasteiger partial charge in [0, 0.05) is 27.5 Å². The molecule has 0 radical (unpaired) electrons. The number of benzene rings is 7. The SMILES string of the molecule is Cc1ccc(-c2ccc3c(c2)c2ccccc2n3-c2cc(-c3ccc(C(F)(F)F)cc3C(F)(F)F)ccc2-c2nc(-c3ccccc3)nc(-c3ccccc3)n2)cc1. The van der Waals surface area contributed by atoms with E-state index in [0.29, 0.717) is 29.0 Å². The predicted molar refractivity (Wildman–Crippen MR) is 216 cm³/mol. The quantitative estimate of drug-likeness (QED) is 0.158. The van der Waals surface area contributed by atoms with Crippen LogP contribution in [-0.2, 0) is 12.4 Å². The Morgan fingerprint density at radius 2 is 0.966 bits per heavy atom. The van der Waals surface area contributed by atoms with Crippen molar-refractivity contribution < 1.29 is 26.3 Å². The van der Waals surface area contributed by atoms with E-state index in [1.165, 1.54) is 6.07 Å². The first-order chi connectivity index (χ1) is 27.9. The Morgan fingerprint density at radius 3 is 1.60 bits per heavy atom. The van der Waals surface area contributed by atoms with Crippen LogP contribution in [0.2, 0.25) is 0 Å². The van der Waals surface area contributed by atoms with E-state index in [1.807, 2.05) is 121 Å². The van der Waals surface area contributed by atoms with E-state index in [0.717, 1.165) is 55.7 Å². The Hall–Kier alpha value is -7.07. The Morgan fingerprint density at radius 1 is 0.414 bits per heavy atom. The van der Waals surface area contributed by atoms with Gasteiger partial charge in [0.25, 0.3) is 0 Å². The Kier molecular flexibility index (Phi) is 8.92. The van der Waals surface area contributed by atoms with Gasteiger partial charge in [0.15, 0.2) is 17.5 Å². The van der Waals surface area contributed by atoms with Crippen molar-refractivity contribution in [2.45, 2.75) is 19.3 Å². The normalized spacial score (nSPS) is 12.1. The van der Waals surface area contributed by atoms with E-state index < -0.39 is 29.0 Å². The molecular formula is C48H30F6N4. The molecule has 2 heterocycles. The first-order valence-electron chi connectivity index (χ1n) is 18.3. The average Bonchev–Trinajstić information content (AvgIpc) is 3.57. The highest BCUT2D eigenvalue weighted by Crippen LogP contribution is 2.44. The molecule has 0 N–H and O–H groups in total. The number of aryl methyl sites for hydroxylation is 1. The molecule has 0 bridgehead atoms. The maximum Gasteiger partial charge on any atom is 0.417 e. The molecule has 7 aromatic carbocycles. The third kappa shape index (κ3) is 6.76. The summed E-state index contributed by atoms with van der Waals surface area (Å²) in [5.41, 5.74) is 3.81. The summed E-state index contributed by atoms with van der Waals surface area (Å²) in [6.45, 7) is 2.02. The Labute approximate surface area is 328 Å². The second kappa shape index (κ2) is 14.1. The maximum atomic E-state index is 14.6. The molecule has 0 amide bonds. The molecule has 9 aromatic rings. The van der Waals surface area contributed by atoms with Crippen molar-refractivity contribution in [3.8, 4) is 62.1 Å². The summed E-state index contributed by atoms with van der Waals surface area (Å²) in [7, 11) is 0. The molecule has 58 heavy (non-hydrogen) atoms. The van der Waals surface area contributed by atoms with Gasteiger partial charge in [0.05, 0.1) is 27.8 Å². The van der Waals surface area contributed by atoms with Gasteiger partial charge in [-0.25, -0.2) is 15.0 Å². The molecule has 0 fully saturated rings. The van der Waals surface area contributed by atoms with Crippen LogP contribution in [0.1, 0.15) is 16.7 Å². The lowest BCUT2D eigenvalue weighted by Crippen LogP contribution is -2.12. The van der Waals surface area contributed by atoms with Crippen LogP contribution in [-0.4, -0.2) is 19.5 Å². The number of halogens is 6. The summed E-state index contributed by atoms with van der Waals surface area (Å²) < 4.78 is 87.2. The number of para-hydroxylation sites is 1. The molecular weight excluding hydrogens is 747 g/mol. The second-order valence-electron chi connectivity index (χ2n) is 14.0. The van der Waals surface area contributed by atoms with Crippen molar-refractivity contribution in [1.29, 1.82) is 0 Å². The summed E-state index contributed by atoms with van der Waals surface area (Å²) >= 11 is 0. The molecule has 0 saturated heterocycles. The van der Waals surface area contributed by atoms with E-state index in [4.69, 9.17) is 15.0 Å². The van der Waals surface area contributed by atoms with Gasteiger partial charge in [-0.3, -0.25) is 0 Å². The second-order valence-corrected chi connectivity index (χ2v) is 14.0. The third-order valence-corrected chi connectivity index (χ3v) is 10.2. The lowest BCUT2D eigenvalue weighted by atomic mass is 9.95. The summed E-state index contributed by atoms with van der Waals surface area (Å²) in [4.78, 5) is 14.7. The molecule has 9 rings (SSSR count). The zero-order valence-corrected chi connectivity index (χ0v) is 30.6. The topological polar surface area (TPSA) is 43.6 Å². The van der Waals surface area contributed by atoms with Gasteiger partial charge in [-0.2, -0.15) is 26.3 Å². The lowest BCUT2D eigenvalue weighted by molar-refractivity contribution is -0.142. The first kappa shape index (κ1) is 36.6. The van der Waals surface area contributed by atoms with E-state index in [-0.39, 0.29) is 17.5 Å². The minimum absolute atomic E-state index is 0.0580. The van der Waals surface area contributed by atoms with Gasteiger partial charge >= 0.3 is 12.4 Å². The molecule has 0 atom stereocenters. The van der Waals surface area contributed by atoms with Crippen LogP contribution in [0, 0.1) is 6.92 Å². The van der Waals surface area contributed by atoms with Crippen LogP contribution in [0.4, 0.5) is 26.3 Å². The molecule has 0 aliphatic carbocycles. The lowest BCUT2D eigenvalue weighted by Gasteiger charge is -2.19. The molecule has 0 aliphatic rings. The summed E-state index contributed by atoms with van der Waals surface area (Å²) in [5, 5.41) is 1.78. The van der Waals surface area contributed by atoms with Gasteiger partial charge in [0.2, 0.25) is 0 Å². The highest BCUT2D eigenvalue weighted by Gasteiger charge is 2.38. The van der Waals surface area contributed by atoms with Crippen molar-refractivity contribution in [3.63, 3.8) is 0 Å². The Bertz CT molecular complexity index is 2910. The highest BCUT2D eigenvalue weighted by molar-refractivity contribution is 6.11. The van der Waals surface area contributed by atoms with Crippen LogP contribution in [0.3, 0.4) is 0 Å². The molecule has 0 saturated carbocycles. The van der Waals surface area contributed by atoms with Crippen LogP contribution in [0.25, 0.3) is 83.9 Å². The number of hydrogen-bond donors (Lipinski definition) is 0. The fourth-order valence-electron chi connectivity index (χ4n) is 7.37. The van der Waals surface area contributed by atoms with Crippen LogP contribution < -0.4 is 0 Å². The zero-order chi connectivity index (χ0) is 40.2. The minimum atomic E-state index is -5.09. The number of hydrogen-bond acceptors (Lipinski definition) is 3. The van der Waals surface area contributed by atoms with E-state index in [9.17, 15) is 26.3 Å². The van der Waals surface area contributed by atoms with Gasteiger partial charge in [-0.1, -0.05) is 127 Å². The largest absolute Gasteiger partial charge is 0.417 e. The fraction of sp³-hybridized carbons (Fsp3) is 0.0625. The number of alkyl halides is 6. The summed E-state index contributed by atoms with van der Waals surface area (Å²) in [6, 6.07) is 47.1. The zero-order valence-electron chi connectivity index (χ0n) is 30.6. The Balaban J connectivity index is 1.35. The summed E-state index contributed by atoms with van der Waals surface area (Å²) in [5.74, 6) is 1.01. The van der Waals surface area contributed by atoms with Crippen molar-refractivity contribution in [1.82, 2.24) is 19.5 Å². The molecule has 0 unspecified atom stereocenters. The average molecular weight is 777 g/mol. The number of fused-ring (bicyclic) bond motifs is 3.